The number of piperidine rings is 1. The van der Waals surface area contributed by atoms with Crippen molar-refractivity contribution in [1.82, 2.24) is 19.9 Å². The number of fused-ring (bicyclic) bond motifs is 2. The smallest absolute Gasteiger partial charge is 0.368 e. The molecule has 2 aromatic carbocycles. The third-order valence-electron chi connectivity index (χ3n) is 6.25. The van der Waals surface area contributed by atoms with Crippen LogP contribution in [0.25, 0.3) is 32.9 Å². The van der Waals surface area contributed by atoms with Crippen molar-refractivity contribution in [1.29, 1.82) is 0 Å². The Morgan fingerprint density at radius 1 is 1.10 bits per heavy atom. The van der Waals surface area contributed by atoms with E-state index in [0.717, 1.165) is 6.07 Å². The van der Waals surface area contributed by atoms with Crippen LogP contribution in [0.5, 0.6) is 0 Å². The van der Waals surface area contributed by atoms with Crippen LogP contribution in [0.4, 0.5) is 29.2 Å². The second-order valence-electron chi connectivity index (χ2n) is 9.08. The Bertz CT molecular complexity index is 1560. The van der Waals surface area contributed by atoms with E-state index in [1.54, 1.807) is 18.2 Å². The van der Waals surface area contributed by atoms with E-state index in [2.05, 4.69) is 20.0 Å². The average Bonchev–Trinajstić information content (AvgIpc) is 2.92. The van der Waals surface area contributed by atoms with Crippen molar-refractivity contribution >= 4 is 44.4 Å². The zero-order valence-electron chi connectivity index (χ0n) is 21.1. The van der Waals surface area contributed by atoms with Gasteiger partial charge in [0.25, 0.3) is 5.56 Å². The molecule has 4 aromatic rings. The van der Waals surface area contributed by atoms with Crippen LogP contribution in [0.1, 0.15) is 25.7 Å². The Labute approximate surface area is 224 Å². The fourth-order valence-corrected chi connectivity index (χ4v) is 5.25. The standard InChI is InChI=1S/C21H17F4N5O2S.C5H11N/c1-30-18-11(10-27-20(26)28-18)8-15(19(30)31)14-9-16(22)17(13-5-3-2-4-12(13)14)29-33(32)7-6-21(23,24)25;1-2-4-6-5-3-1/h2-5,8-10,29H,6-7H2,1H3,(H2,26,27,28);6H,1-5H2. The predicted molar refractivity (Wildman–Crippen MR) is 146 cm³/mol. The molecular formula is C26H28F4N6O2S. The Balaban J connectivity index is 0.000000519. The number of anilines is 2. The molecule has 13 heteroatoms. The van der Waals surface area contributed by atoms with Gasteiger partial charge in [-0.1, -0.05) is 30.7 Å². The second kappa shape index (κ2) is 12.1. The Morgan fingerprint density at radius 3 is 2.41 bits per heavy atom. The summed E-state index contributed by atoms with van der Waals surface area (Å²) in [5.74, 6) is -1.59. The third-order valence-corrected chi connectivity index (χ3v) is 7.25. The number of nitrogen functional groups attached to an aromatic ring is 1. The normalized spacial score (nSPS) is 14.6. The van der Waals surface area contributed by atoms with Gasteiger partial charge in [0.1, 0.15) is 22.5 Å². The molecule has 2 aromatic heterocycles. The number of nitrogens with one attached hydrogen (secondary N) is 2. The summed E-state index contributed by atoms with van der Waals surface area (Å²) in [7, 11) is -0.669. The number of halogens is 4. The lowest BCUT2D eigenvalue weighted by atomic mass is 9.97. The number of aromatic nitrogens is 3. The molecule has 8 nitrogen and oxygen atoms in total. The van der Waals surface area contributed by atoms with E-state index in [0.29, 0.717) is 16.4 Å². The van der Waals surface area contributed by atoms with Gasteiger partial charge in [-0.05, 0) is 49.0 Å². The van der Waals surface area contributed by atoms with Gasteiger partial charge in [0.2, 0.25) is 5.95 Å². The molecule has 39 heavy (non-hydrogen) atoms. The summed E-state index contributed by atoms with van der Waals surface area (Å²) in [6, 6.07) is 9.05. The lowest BCUT2D eigenvalue weighted by molar-refractivity contribution is -0.129. The molecule has 0 saturated carbocycles. The van der Waals surface area contributed by atoms with Gasteiger partial charge in [-0.2, -0.15) is 18.2 Å². The SMILES string of the molecule is C1CCNCC1.Cn1c(=O)c(-c2cc(F)c(NS(=O)CCC(F)(F)F)c3ccccc23)cc2cnc(N)nc21. The first-order chi connectivity index (χ1) is 18.5. The number of benzene rings is 2. The summed E-state index contributed by atoms with van der Waals surface area (Å²) in [6.45, 7) is 2.50. The number of hydrogen-bond donors (Lipinski definition) is 3. The molecule has 4 N–H and O–H groups in total. The minimum atomic E-state index is -4.48. The number of pyridine rings is 1. The van der Waals surface area contributed by atoms with Gasteiger partial charge in [-0.25, -0.2) is 13.6 Å². The van der Waals surface area contributed by atoms with E-state index in [4.69, 9.17) is 5.73 Å². The number of alkyl halides is 3. The summed E-state index contributed by atoms with van der Waals surface area (Å²) >= 11 is 0. The van der Waals surface area contributed by atoms with Gasteiger partial charge >= 0.3 is 6.18 Å². The fraction of sp³-hybridized carbons (Fsp3) is 0.346. The van der Waals surface area contributed by atoms with E-state index in [1.807, 2.05) is 0 Å². The average molecular weight is 565 g/mol. The number of nitrogens with two attached hydrogens (primary N) is 1. The summed E-state index contributed by atoms with van der Waals surface area (Å²) in [6.07, 6.45) is -0.0951. The molecule has 0 amide bonds. The lowest BCUT2D eigenvalue weighted by Gasteiger charge is -2.15. The highest BCUT2D eigenvalue weighted by molar-refractivity contribution is 7.86. The van der Waals surface area contributed by atoms with Gasteiger partial charge in [0, 0.05) is 29.6 Å². The van der Waals surface area contributed by atoms with Crippen LogP contribution >= 0.6 is 0 Å². The van der Waals surface area contributed by atoms with Crippen molar-refractivity contribution in [3.8, 4) is 11.1 Å². The molecule has 1 saturated heterocycles. The van der Waals surface area contributed by atoms with Crippen LogP contribution in [-0.2, 0) is 18.0 Å². The topological polar surface area (TPSA) is 115 Å². The maximum Gasteiger partial charge on any atom is 0.390 e. The molecule has 5 rings (SSSR count). The zero-order valence-corrected chi connectivity index (χ0v) is 22.0. The van der Waals surface area contributed by atoms with E-state index in [-0.39, 0.29) is 28.1 Å². The number of rotatable bonds is 5. The summed E-state index contributed by atoms with van der Waals surface area (Å²) in [5, 5.41) is 4.50. The maximum atomic E-state index is 15.1. The monoisotopic (exact) mass is 564 g/mol. The minimum Gasteiger partial charge on any atom is -0.368 e. The van der Waals surface area contributed by atoms with E-state index < -0.39 is 40.7 Å². The highest BCUT2D eigenvalue weighted by atomic mass is 32.2. The number of hydrogen-bond acceptors (Lipinski definition) is 6. The van der Waals surface area contributed by atoms with Crippen LogP contribution < -0.4 is 21.3 Å². The molecule has 0 aliphatic carbocycles. The molecule has 1 aliphatic rings. The molecule has 208 valence electrons. The summed E-state index contributed by atoms with van der Waals surface area (Å²) in [4.78, 5) is 21.1. The van der Waals surface area contributed by atoms with Crippen molar-refractivity contribution in [2.24, 2.45) is 7.05 Å². The van der Waals surface area contributed by atoms with Crippen molar-refractivity contribution in [3.63, 3.8) is 0 Å². The predicted octanol–water partition coefficient (Wildman–Crippen LogP) is 4.66. The van der Waals surface area contributed by atoms with Gasteiger partial charge in [0.05, 0.1) is 17.9 Å². The number of nitrogens with zero attached hydrogens (tertiary/aromatic N) is 3. The Morgan fingerprint density at radius 2 is 1.79 bits per heavy atom. The van der Waals surface area contributed by atoms with Crippen molar-refractivity contribution < 1.29 is 21.8 Å². The first kappa shape index (κ1) is 28.4. The van der Waals surface area contributed by atoms with Crippen LogP contribution in [-0.4, -0.2) is 43.8 Å². The van der Waals surface area contributed by atoms with Crippen molar-refractivity contribution in [3.05, 3.63) is 58.8 Å². The van der Waals surface area contributed by atoms with Gasteiger partial charge < -0.3 is 15.8 Å². The molecular weight excluding hydrogens is 536 g/mol. The first-order valence-corrected chi connectivity index (χ1v) is 13.6. The minimum absolute atomic E-state index is 0.00399. The van der Waals surface area contributed by atoms with E-state index in [9.17, 15) is 22.2 Å². The van der Waals surface area contributed by atoms with E-state index in [1.165, 1.54) is 62.3 Å². The van der Waals surface area contributed by atoms with Gasteiger partial charge in [-0.15, -0.1) is 0 Å². The molecule has 1 unspecified atom stereocenters. The highest BCUT2D eigenvalue weighted by Crippen LogP contribution is 2.35. The summed E-state index contributed by atoms with van der Waals surface area (Å²) < 4.78 is 68.2. The van der Waals surface area contributed by atoms with Crippen molar-refractivity contribution in [2.45, 2.75) is 31.9 Å². The van der Waals surface area contributed by atoms with E-state index >= 15 is 4.39 Å². The Hall–Kier alpha value is -3.58. The molecule has 0 radical (unpaired) electrons. The zero-order chi connectivity index (χ0) is 28.2. The Kier molecular flexibility index (Phi) is 8.80. The molecule has 1 atom stereocenters. The van der Waals surface area contributed by atoms with Crippen LogP contribution in [0.15, 0.2) is 47.4 Å². The number of aryl methyl sites for hydroxylation is 1. The lowest BCUT2D eigenvalue weighted by Crippen LogP contribution is -2.21. The van der Waals surface area contributed by atoms with Gasteiger partial charge in [0.15, 0.2) is 0 Å². The van der Waals surface area contributed by atoms with Crippen LogP contribution in [0.3, 0.4) is 0 Å². The second-order valence-corrected chi connectivity index (χ2v) is 10.4. The van der Waals surface area contributed by atoms with Crippen LogP contribution in [0.2, 0.25) is 0 Å². The first-order valence-electron chi connectivity index (χ1n) is 12.3. The largest absolute Gasteiger partial charge is 0.390 e. The van der Waals surface area contributed by atoms with Crippen LogP contribution in [0, 0.1) is 5.82 Å². The maximum absolute atomic E-state index is 15.1. The van der Waals surface area contributed by atoms with Gasteiger partial charge in [-0.3, -0.25) is 9.36 Å². The molecule has 0 bridgehead atoms. The highest BCUT2D eigenvalue weighted by Gasteiger charge is 2.28. The molecule has 0 spiro atoms. The molecule has 1 fully saturated rings. The fourth-order valence-electron chi connectivity index (χ4n) is 4.30. The third kappa shape index (κ3) is 6.90. The molecule has 3 heterocycles. The quantitative estimate of drug-likeness (QED) is 0.304. The summed E-state index contributed by atoms with van der Waals surface area (Å²) in [5.41, 5.74) is 5.67. The molecule has 1 aliphatic heterocycles. The van der Waals surface area contributed by atoms with Crippen molar-refractivity contribution in [2.75, 3.05) is 29.3 Å².